The van der Waals surface area contributed by atoms with Crippen molar-refractivity contribution in [1.29, 1.82) is 0 Å². The van der Waals surface area contributed by atoms with Crippen molar-refractivity contribution in [2.75, 3.05) is 33.0 Å². The number of morpholine rings is 1. The Morgan fingerprint density at radius 2 is 2.38 bits per heavy atom. The number of carbonyl (C=O) groups excluding carboxylic acids is 1. The molecule has 16 heavy (non-hydrogen) atoms. The Kier molecular flexibility index (Phi) is 4.15. The van der Waals surface area contributed by atoms with Crippen LogP contribution in [0.2, 0.25) is 0 Å². The summed E-state index contributed by atoms with van der Waals surface area (Å²) < 4.78 is 10.7. The number of rotatable bonds is 4. The van der Waals surface area contributed by atoms with Gasteiger partial charge in [-0.05, 0) is 19.3 Å². The Morgan fingerprint density at radius 1 is 1.50 bits per heavy atom. The van der Waals surface area contributed by atoms with Crippen LogP contribution in [-0.4, -0.2) is 61.0 Å². The Balaban J connectivity index is 1.92. The van der Waals surface area contributed by atoms with Crippen molar-refractivity contribution in [2.45, 2.75) is 31.4 Å². The van der Waals surface area contributed by atoms with Crippen molar-refractivity contribution in [2.24, 2.45) is 0 Å². The predicted octanol–water partition coefficient (Wildman–Crippen LogP) is -0.225. The summed E-state index contributed by atoms with van der Waals surface area (Å²) in [5, 5.41) is 8.96. The first-order chi connectivity index (χ1) is 7.81. The molecule has 2 unspecified atom stereocenters. The molecular weight excluding hydrogens is 210 g/mol. The Bertz CT molecular complexity index is 238. The molecule has 0 bridgehead atoms. The highest BCUT2D eigenvalue weighted by molar-refractivity contribution is 5.78. The first-order valence-electron chi connectivity index (χ1n) is 5.91. The third-order valence-electron chi connectivity index (χ3n) is 3.18. The molecule has 2 fully saturated rings. The van der Waals surface area contributed by atoms with Gasteiger partial charge in [0, 0.05) is 19.8 Å². The lowest BCUT2D eigenvalue weighted by Gasteiger charge is -2.36. The molecule has 0 radical (unpaired) electrons. The Hall–Kier alpha value is -0.650. The van der Waals surface area contributed by atoms with Crippen molar-refractivity contribution in [3.63, 3.8) is 0 Å². The van der Waals surface area contributed by atoms with Crippen molar-refractivity contribution >= 4 is 5.91 Å². The molecule has 2 atom stereocenters. The summed E-state index contributed by atoms with van der Waals surface area (Å²) in [5.41, 5.74) is 0. The summed E-state index contributed by atoms with van der Waals surface area (Å²) in [7, 11) is 0. The van der Waals surface area contributed by atoms with E-state index in [9.17, 15) is 4.79 Å². The molecule has 0 aliphatic carbocycles. The van der Waals surface area contributed by atoms with Crippen molar-refractivity contribution in [3.05, 3.63) is 0 Å². The SMILES string of the molecule is O=C1COCC(CCO)N1CC1CCCO1. The van der Waals surface area contributed by atoms with Crippen molar-refractivity contribution < 1.29 is 19.4 Å². The summed E-state index contributed by atoms with van der Waals surface area (Å²) in [5.74, 6) is 0.0141. The number of aliphatic hydroxyl groups is 1. The van der Waals surface area contributed by atoms with Gasteiger partial charge < -0.3 is 19.5 Å². The van der Waals surface area contributed by atoms with Crippen molar-refractivity contribution in [1.82, 2.24) is 4.90 Å². The second kappa shape index (κ2) is 5.61. The van der Waals surface area contributed by atoms with Gasteiger partial charge in [-0.2, -0.15) is 0 Å². The van der Waals surface area contributed by atoms with E-state index in [0.29, 0.717) is 19.6 Å². The highest BCUT2D eigenvalue weighted by Gasteiger charge is 2.31. The fourth-order valence-electron chi connectivity index (χ4n) is 2.31. The molecule has 0 aromatic heterocycles. The molecular formula is C11H19NO4. The zero-order chi connectivity index (χ0) is 11.4. The topological polar surface area (TPSA) is 59.0 Å². The van der Waals surface area contributed by atoms with E-state index in [1.54, 1.807) is 0 Å². The molecule has 1 N–H and O–H groups in total. The van der Waals surface area contributed by atoms with Crippen LogP contribution >= 0.6 is 0 Å². The van der Waals surface area contributed by atoms with E-state index in [2.05, 4.69) is 0 Å². The normalized spacial score (nSPS) is 31.1. The van der Waals surface area contributed by atoms with Gasteiger partial charge in [0.2, 0.25) is 5.91 Å². The molecule has 2 aliphatic heterocycles. The van der Waals surface area contributed by atoms with Crippen molar-refractivity contribution in [3.8, 4) is 0 Å². The Morgan fingerprint density at radius 3 is 3.06 bits per heavy atom. The smallest absolute Gasteiger partial charge is 0.248 e. The highest BCUT2D eigenvalue weighted by Crippen LogP contribution is 2.18. The predicted molar refractivity (Wildman–Crippen MR) is 57.0 cm³/mol. The van der Waals surface area contributed by atoms with Gasteiger partial charge in [0.25, 0.3) is 0 Å². The second-order valence-corrected chi connectivity index (χ2v) is 4.36. The highest BCUT2D eigenvalue weighted by atomic mass is 16.5. The second-order valence-electron chi connectivity index (χ2n) is 4.36. The first-order valence-corrected chi connectivity index (χ1v) is 5.91. The zero-order valence-corrected chi connectivity index (χ0v) is 9.43. The number of hydrogen-bond acceptors (Lipinski definition) is 4. The lowest BCUT2D eigenvalue weighted by molar-refractivity contribution is -0.151. The van der Waals surface area contributed by atoms with Gasteiger partial charge in [-0.1, -0.05) is 0 Å². The van der Waals surface area contributed by atoms with E-state index in [0.717, 1.165) is 19.4 Å². The van der Waals surface area contributed by atoms with Crippen LogP contribution < -0.4 is 0 Å². The molecule has 5 heteroatoms. The summed E-state index contributed by atoms with van der Waals surface area (Å²) in [6, 6.07) is 0.00968. The molecule has 92 valence electrons. The average Bonchev–Trinajstić information content (AvgIpc) is 2.76. The van der Waals surface area contributed by atoms with Gasteiger partial charge in [0.15, 0.2) is 0 Å². The lowest BCUT2D eigenvalue weighted by Crippen LogP contribution is -2.52. The number of hydrogen-bond donors (Lipinski definition) is 1. The third kappa shape index (κ3) is 2.72. The van der Waals surface area contributed by atoms with E-state index in [4.69, 9.17) is 14.6 Å². The number of aliphatic hydroxyl groups excluding tert-OH is 1. The van der Waals surface area contributed by atoms with Crippen LogP contribution in [0, 0.1) is 0 Å². The van der Waals surface area contributed by atoms with E-state index in [1.807, 2.05) is 4.90 Å². The van der Waals surface area contributed by atoms with E-state index in [-0.39, 0.29) is 31.3 Å². The van der Waals surface area contributed by atoms with Crippen LogP contribution in [0.3, 0.4) is 0 Å². The maximum Gasteiger partial charge on any atom is 0.248 e. The molecule has 2 heterocycles. The van der Waals surface area contributed by atoms with Crippen LogP contribution in [0.15, 0.2) is 0 Å². The summed E-state index contributed by atoms with van der Waals surface area (Å²) in [4.78, 5) is 13.5. The maximum atomic E-state index is 11.7. The lowest BCUT2D eigenvalue weighted by atomic mass is 10.1. The monoisotopic (exact) mass is 229 g/mol. The first kappa shape index (κ1) is 11.8. The number of ether oxygens (including phenoxy) is 2. The maximum absolute atomic E-state index is 11.7. The molecule has 0 aromatic carbocycles. The minimum absolute atomic E-state index is 0.00968. The van der Waals surface area contributed by atoms with Crippen LogP contribution in [-0.2, 0) is 14.3 Å². The molecule has 2 saturated heterocycles. The quantitative estimate of drug-likeness (QED) is 0.724. The van der Waals surface area contributed by atoms with Crippen LogP contribution in [0.5, 0.6) is 0 Å². The molecule has 0 spiro atoms. The minimum atomic E-state index is 0.00968. The molecule has 0 saturated carbocycles. The summed E-state index contributed by atoms with van der Waals surface area (Å²) >= 11 is 0. The van der Waals surface area contributed by atoms with E-state index in [1.165, 1.54) is 0 Å². The van der Waals surface area contributed by atoms with Gasteiger partial charge in [-0.15, -0.1) is 0 Å². The third-order valence-corrected chi connectivity index (χ3v) is 3.18. The van der Waals surface area contributed by atoms with Crippen LogP contribution in [0.4, 0.5) is 0 Å². The van der Waals surface area contributed by atoms with Gasteiger partial charge >= 0.3 is 0 Å². The number of nitrogens with zero attached hydrogens (tertiary/aromatic N) is 1. The molecule has 5 nitrogen and oxygen atoms in total. The zero-order valence-electron chi connectivity index (χ0n) is 9.43. The molecule has 0 aromatic rings. The van der Waals surface area contributed by atoms with E-state index >= 15 is 0 Å². The largest absolute Gasteiger partial charge is 0.396 e. The summed E-state index contributed by atoms with van der Waals surface area (Å²) in [6.07, 6.45) is 2.85. The van der Waals surface area contributed by atoms with Crippen LogP contribution in [0.25, 0.3) is 0 Å². The average molecular weight is 229 g/mol. The van der Waals surface area contributed by atoms with E-state index < -0.39 is 0 Å². The Labute approximate surface area is 95.3 Å². The van der Waals surface area contributed by atoms with Crippen LogP contribution in [0.1, 0.15) is 19.3 Å². The molecule has 1 amide bonds. The summed E-state index contributed by atoms with van der Waals surface area (Å²) in [6.45, 7) is 2.22. The minimum Gasteiger partial charge on any atom is -0.396 e. The fourth-order valence-corrected chi connectivity index (χ4v) is 2.31. The number of carbonyl (C=O) groups is 1. The van der Waals surface area contributed by atoms with Gasteiger partial charge in [-0.25, -0.2) is 0 Å². The fraction of sp³-hybridized carbons (Fsp3) is 0.909. The molecule has 2 rings (SSSR count). The van der Waals surface area contributed by atoms with Gasteiger partial charge in [0.1, 0.15) is 6.61 Å². The van der Waals surface area contributed by atoms with Gasteiger partial charge in [-0.3, -0.25) is 4.79 Å². The molecule has 2 aliphatic rings. The number of amides is 1. The van der Waals surface area contributed by atoms with Gasteiger partial charge in [0.05, 0.1) is 18.8 Å². The standard InChI is InChI=1S/C11H19NO4/c13-4-3-9-7-15-8-11(14)12(9)6-10-2-1-5-16-10/h9-10,13H,1-8H2.